The second-order valence-corrected chi connectivity index (χ2v) is 9.00. The van der Waals surface area contributed by atoms with E-state index in [0.717, 1.165) is 28.0 Å². The number of benzene rings is 3. The molecule has 37 heavy (non-hydrogen) atoms. The van der Waals surface area contributed by atoms with Gasteiger partial charge in [-0.1, -0.05) is 72.3 Å². The molecule has 0 radical (unpaired) electrons. The lowest BCUT2D eigenvalue weighted by Gasteiger charge is -2.32. The monoisotopic (exact) mass is 513 g/mol. The summed E-state index contributed by atoms with van der Waals surface area (Å²) < 4.78 is 5.28. The third-order valence-electron chi connectivity index (χ3n) is 5.97. The van der Waals surface area contributed by atoms with Gasteiger partial charge in [-0.05, 0) is 52.6 Å². The number of nitrogens with zero attached hydrogens (tertiary/aromatic N) is 2. The molecule has 7 heteroatoms. The summed E-state index contributed by atoms with van der Waals surface area (Å²) in [4.78, 5) is 33.2. The van der Waals surface area contributed by atoms with E-state index >= 15 is 0 Å². The summed E-state index contributed by atoms with van der Waals surface area (Å²) in [5, 5.41) is 3.60. The number of carbonyl (C=O) groups excluding carboxylic acids is 2. The predicted octanol–water partition coefficient (Wildman–Crippen LogP) is 5.37. The first-order valence-electron chi connectivity index (χ1n) is 11.9. The van der Waals surface area contributed by atoms with Gasteiger partial charge in [-0.2, -0.15) is 0 Å². The summed E-state index contributed by atoms with van der Waals surface area (Å²) in [5.74, 6) is 0.271. The minimum Gasteiger partial charge on any atom is -0.497 e. The maximum atomic E-state index is 13.8. The molecule has 3 aromatic carbocycles. The van der Waals surface area contributed by atoms with Crippen molar-refractivity contribution in [3.63, 3.8) is 0 Å². The second kappa shape index (κ2) is 12.7. The van der Waals surface area contributed by atoms with Crippen LogP contribution in [0.5, 0.6) is 5.75 Å². The summed E-state index contributed by atoms with van der Waals surface area (Å²) in [6, 6.07) is 26.9. The molecule has 0 bridgehead atoms. The molecular formula is C30H28ClN3O3. The van der Waals surface area contributed by atoms with Crippen molar-refractivity contribution >= 4 is 23.4 Å². The molecule has 4 aromatic rings. The molecule has 188 valence electrons. The molecular weight excluding hydrogens is 486 g/mol. The van der Waals surface area contributed by atoms with E-state index in [2.05, 4.69) is 10.3 Å². The van der Waals surface area contributed by atoms with Gasteiger partial charge in [-0.3, -0.25) is 14.6 Å². The van der Waals surface area contributed by atoms with Crippen molar-refractivity contribution in [1.82, 2.24) is 15.2 Å². The summed E-state index contributed by atoms with van der Waals surface area (Å²) in [6.07, 6.45) is 3.52. The van der Waals surface area contributed by atoms with Crippen molar-refractivity contribution in [3.05, 3.63) is 131 Å². The van der Waals surface area contributed by atoms with Gasteiger partial charge in [0.25, 0.3) is 0 Å². The highest BCUT2D eigenvalue weighted by atomic mass is 35.5. The standard InChI is InChI=1S/C30H28ClN3O3/c1-37-27-15-11-23(12-16-27)21-34(28(35)18-22-9-13-26(31)14-10-22)29(25-7-3-2-4-8-25)30(36)33-20-24-6-5-17-32-19-24/h2-17,19,29H,18,20-21H2,1H3,(H,33,36)/t29-/m0/s1. The van der Waals surface area contributed by atoms with Crippen molar-refractivity contribution < 1.29 is 14.3 Å². The lowest BCUT2D eigenvalue weighted by atomic mass is 10.0. The average molecular weight is 514 g/mol. The molecule has 4 rings (SSSR count). The van der Waals surface area contributed by atoms with Crippen molar-refractivity contribution in [2.75, 3.05) is 7.11 Å². The summed E-state index contributed by atoms with van der Waals surface area (Å²) >= 11 is 6.04. The normalized spacial score (nSPS) is 11.4. The lowest BCUT2D eigenvalue weighted by Crippen LogP contribution is -2.43. The number of rotatable bonds is 10. The topological polar surface area (TPSA) is 71.5 Å². The maximum absolute atomic E-state index is 13.8. The van der Waals surface area contributed by atoms with Crippen LogP contribution >= 0.6 is 11.6 Å². The Balaban J connectivity index is 1.67. The van der Waals surface area contributed by atoms with Gasteiger partial charge in [0.15, 0.2) is 0 Å². The highest BCUT2D eigenvalue weighted by molar-refractivity contribution is 6.30. The van der Waals surface area contributed by atoms with Crippen molar-refractivity contribution in [3.8, 4) is 5.75 Å². The van der Waals surface area contributed by atoms with Crippen LogP contribution in [0.4, 0.5) is 0 Å². The fraction of sp³-hybridized carbons (Fsp3) is 0.167. The van der Waals surface area contributed by atoms with Gasteiger partial charge in [-0.25, -0.2) is 0 Å². The van der Waals surface area contributed by atoms with Crippen LogP contribution in [0.3, 0.4) is 0 Å². The zero-order valence-corrected chi connectivity index (χ0v) is 21.3. The van der Waals surface area contributed by atoms with Gasteiger partial charge in [0.1, 0.15) is 11.8 Å². The Morgan fingerprint density at radius 1 is 0.892 bits per heavy atom. The Hall–Kier alpha value is -4.16. The smallest absolute Gasteiger partial charge is 0.247 e. The van der Waals surface area contributed by atoms with Gasteiger partial charge < -0.3 is 15.0 Å². The van der Waals surface area contributed by atoms with Crippen LogP contribution in [-0.4, -0.2) is 28.8 Å². The van der Waals surface area contributed by atoms with Crippen molar-refractivity contribution in [2.45, 2.75) is 25.6 Å². The zero-order chi connectivity index (χ0) is 26.0. The second-order valence-electron chi connectivity index (χ2n) is 8.57. The highest BCUT2D eigenvalue weighted by Gasteiger charge is 2.31. The molecule has 6 nitrogen and oxygen atoms in total. The van der Waals surface area contributed by atoms with E-state index in [0.29, 0.717) is 11.6 Å². The number of amides is 2. The van der Waals surface area contributed by atoms with Crippen LogP contribution in [0.15, 0.2) is 103 Å². The minimum atomic E-state index is -0.834. The lowest BCUT2D eigenvalue weighted by molar-refractivity contribution is -0.141. The molecule has 0 spiro atoms. The van der Waals surface area contributed by atoms with E-state index in [1.807, 2.05) is 78.9 Å². The Kier molecular flexibility index (Phi) is 8.89. The SMILES string of the molecule is COc1ccc(CN(C(=O)Cc2ccc(Cl)cc2)[C@H](C(=O)NCc2cccnc2)c2ccccc2)cc1. The van der Waals surface area contributed by atoms with E-state index in [-0.39, 0.29) is 24.8 Å². The molecule has 0 aliphatic carbocycles. The third kappa shape index (κ3) is 7.18. The van der Waals surface area contributed by atoms with Gasteiger partial charge >= 0.3 is 0 Å². The van der Waals surface area contributed by atoms with Gasteiger partial charge in [0.05, 0.1) is 13.5 Å². The first-order valence-corrected chi connectivity index (χ1v) is 12.3. The summed E-state index contributed by atoms with van der Waals surface area (Å²) in [5.41, 5.74) is 3.30. The first-order chi connectivity index (χ1) is 18.0. The van der Waals surface area contributed by atoms with Crippen molar-refractivity contribution in [1.29, 1.82) is 0 Å². The van der Waals surface area contributed by atoms with E-state index in [1.165, 1.54) is 0 Å². The number of pyridine rings is 1. The predicted molar refractivity (Wildman–Crippen MR) is 144 cm³/mol. The number of hydrogen-bond acceptors (Lipinski definition) is 4. The molecule has 1 aromatic heterocycles. The largest absolute Gasteiger partial charge is 0.497 e. The van der Waals surface area contributed by atoms with Crippen LogP contribution in [0.2, 0.25) is 5.02 Å². The number of halogens is 1. The van der Waals surface area contributed by atoms with Crippen LogP contribution in [-0.2, 0) is 29.1 Å². The molecule has 0 unspecified atom stereocenters. The Labute approximate surface area is 221 Å². The Bertz CT molecular complexity index is 1300. The van der Waals surface area contributed by atoms with Crippen molar-refractivity contribution in [2.24, 2.45) is 0 Å². The van der Waals surface area contributed by atoms with Gasteiger partial charge in [-0.15, -0.1) is 0 Å². The van der Waals surface area contributed by atoms with Crippen LogP contribution < -0.4 is 10.1 Å². The number of aromatic nitrogens is 1. The van der Waals surface area contributed by atoms with Gasteiger partial charge in [0.2, 0.25) is 11.8 Å². The molecule has 1 atom stereocenters. The van der Waals surface area contributed by atoms with Crippen LogP contribution in [0.1, 0.15) is 28.3 Å². The van der Waals surface area contributed by atoms with E-state index in [4.69, 9.17) is 16.3 Å². The van der Waals surface area contributed by atoms with E-state index in [1.54, 1.807) is 36.5 Å². The number of carbonyl (C=O) groups is 2. The molecule has 0 fully saturated rings. The molecule has 1 heterocycles. The van der Waals surface area contributed by atoms with Gasteiger partial charge in [0, 0.05) is 30.5 Å². The van der Waals surface area contributed by atoms with Crippen LogP contribution in [0, 0.1) is 0 Å². The molecule has 0 saturated carbocycles. The fourth-order valence-corrected chi connectivity index (χ4v) is 4.15. The summed E-state index contributed by atoms with van der Waals surface area (Å²) in [7, 11) is 1.61. The fourth-order valence-electron chi connectivity index (χ4n) is 4.03. The molecule has 0 saturated heterocycles. The summed E-state index contributed by atoms with van der Waals surface area (Å²) in [6.45, 7) is 0.550. The molecule has 0 aliphatic heterocycles. The van der Waals surface area contributed by atoms with E-state index < -0.39 is 6.04 Å². The number of hydrogen-bond donors (Lipinski definition) is 1. The Morgan fingerprint density at radius 3 is 2.24 bits per heavy atom. The van der Waals surface area contributed by atoms with E-state index in [9.17, 15) is 9.59 Å². The number of methoxy groups -OCH3 is 1. The molecule has 2 amide bonds. The third-order valence-corrected chi connectivity index (χ3v) is 6.22. The quantitative estimate of drug-likeness (QED) is 0.309. The zero-order valence-electron chi connectivity index (χ0n) is 20.5. The number of nitrogens with one attached hydrogen (secondary N) is 1. The molecule has 1 N–H and O–H groups in total. The van der Waals surface area contributed by atoms with Crippen LogP contribution in [0.25, 0.3) is 0 Å². The average Bonchev–Trinajstić information content (AvgIpc) is 2.94. The first kappa shape index (κ1) is 25.9. The Morgan fingerprint density at radius 2 is 1.59 bits per heavy atom. The number of ether oxygens (including phenoxy) is 1. The minimum absolute atomic E-state index is 0.131. The maximum Gasteiger partial charge on any atom is 0.247 e. The highest BCUT2D eigenvalue weighted by Crippen LogP contribution is 2.26. The molecule has 0 aliphatic rings.